The molecule has 2 aliphatic rings. The molecule has 1 atom stereocenters. The van der Waals surface area contributed by atoms with Crippen molar-refractivity contribution in [2.45, 2.75) is 30.2 Å². The molecule has 1 aliphatic heterocycles. The summed E-state index contributed by atoms with van der Waals surface area (Å²) < 4.78 is 51.6. The van der Waals surface area contributed by atoms with Gasteiger partial charge in [0.25, 0.3) is 0 Å². The van der Waals surface area contributed by atoms with Crippen molar-refractivity contribution in [1.29, 1.82) is 5.26 Å². The van der Waals surface area contributed by atoms with Crippen LogP contribution in [0.15, 0.2) is 53.7 Å². The lowest BCUT2D eigenvalue weighted by atomic mass is 9.90. The molecule has 12 heteroatoms. The second kappa shape index (κ2) is 9.06. The highest BCUT2D eigenvalue weighted by molar-refractivity contribution is 7.90. The van der Waals surface area contributed by atoms with Gasteiger partial charge in [-0.1, -0.05) is 23.7 Å². The minimum Gasteiger partial charge on any atom is -0.324 e. The van der Waals surface area contributed by atoms with Crippen LogP contribution in [0, 0.1) is 16.7 Å². The minimum absolute atomic E-state index is 0.0875. The van der Waals surface area contributed by atoms with Crippen LogP contribution in [0.5, 0.6) is 0 Å². The number of sulfone groups is 1. The molecule has 1 unspecified atom stereocenters. The number of nitrogens with one attached hydrogen (secondary N) is 1. The number of halogens is 1. The molecule has 1 saturated carbocycles. The Kier molecular flexibility index (Phi) is 6.27. The normalized spacial score (nSPS) is 19.1. The Morgan fingerprint density at radius 2 is 1.95 bits per heavy atom. The number of carbonyl (C=O) groups excluding carboxylic acids is 1. The van der Waals surface area contributed by atoms with E-state index in [1.807, 2.05) is 0 Å². The van der Waals surface area contributed by atoms with Crippen LogP contribution in [-0.4, -0.2) is 50.6 Å². The molecule has 9 nitrogen and oxygen atoms in total. The first-order chi connectivity index (χ1) is 17.4. The van der Waals surface area contributed by atoms with Crippen LogP contribution in [0.1, 0.15) is 29.9 Å². The third-order valence-corrected chi connectivity index (χ3v) is 10.2. The van der Waals surface area contributed by atoms with Crippen molar-refractivity contribution in [3.63, 3.8) is 0 Å². The van der Waals surface area contributed by atoms with Gasteiger partial charge in [-0.15, -0.1) is 0 Å². The number of benzene rings is 2. The smallest absolute Gasteiger partial charge is 0.233 e. The van der Waals surface area contributed by atoms with Crippen molar-refractivity contribution in [1.82, 2.24) is 9.29 Å². The average molecular weight is 559 g/mol. The Morgan fingerprint density at radius 3 is 2.62 bits per heavy atom. The van der Waals surface area contributed by atoms with E-state index in [0.717, 1.165) is 6.26 Å². The molecule has 1 N–H and O–H groups in total. The Bertz CT molecular complexity index is 1700. The van der Waals surface area contributed by atoms with Crippen molar-refractivity contribution in [2.75, 3.05) is 23.9 Å². The summed E-state index contributed by atoms with van der Waals surface area (Å²) in [6.45, 7) is -0.0103. The lowest BCUT2D eigenvalue weighted by molar-refractivity contribution is -0.118. The molecular formula is C25H23ClN4O5S2. The van der Waals surface area contributed by atoms with E-state index < -0.39 is 37.1 Å². The summed E-state index contributed by atoms with van der Waals surface area (Å²) in [5.74, 6) is -1.59. The predicted molar refractivity (Wildman–Crippen MR) is 139 cm³/mol. The van der Waals surface area contributed by atoms with Gasteiger partial charge in [0, 0.05) is 41.3 Å². The highest BCUT2D eigenvalue weighted by Crippen LogP contribution is 2.47. The third kappa shape index (κ3) is 5.07. The number of hydrogen-bond donors (Lipinski definition) is 1. The van der Waals surface area contributed by atoms with E-state index in [-0.39, 0.29) is 23.7 Å². The molecule has 5 rings (SSSR count). The van der Waals surface area contributed by atoms with Crippen molar-refractivity contribution in [3.8, 4) is 6.07 Å². The minimum atomic E-state index is -3.81. The van der Waals surface area contributed by atoms with Crippen molar-refractivity contribution in [2.24, 2.45) is 5.41 Å². The van der Waals surface area contributed by atoms with Crippen molar-refractivity contribution in [3.05, 3.63) is 64.9 Å². The number of anilines is 1. The number of hydrogen-bond acceptors (Lipinski definition) is 7. The van der Waals surface area contributed by atoms with Crippen LogP contribution >= 0.6 is 11.6 Å². The Morgan fingerprint density at radius 1 is 1.19 bits per heavy atom. The van der Waals surface area contributed by atoms with Crippen LogP contribution in [-0.2, 0) is 31.2 Å². The highest BCUT2D eigenvalue weighted by Gasteiger charge is 2.49. The molecule has 2 aromatic carbocycles. The Hall–Kier alpha value is -3.04. The second-order valence-electron chi connectivity index (χ2n) is 9.67. The SMILES string of the molecule is CS(=O)(=O)c1ccc2c(NC(=O)C3CN(S(=O)(=O)CC4(C#N)CC4)Cc4ccc(Cl)cc43)cncc2c1. The van der Waals surface area contributed by atoms with Gasteiger partial charge in [0.1, 0.15) is 0 Å². The molecule has 1 aliphatic carbocycles. The molecule has 2 heterocycles. The average Bonchev–Trinajstić information content (AvgIpc) is 3.61. The number of carbonyl (C=O) groups is 1. The van der Waals surface area contributed by atoms with Crippen LogP contribution in [0.4, 0.5) is 5.69 Å². The van der Waals surface area contributed by atoms with E-state index in [1.165, 1.54) is 28.8 Å². The van der Waals surface area contributed by atoms with Gasteiger partial charge >= 0.3 is 0 Å². The molecule has 3 aromatic rings. The highest BCUT2D eigenvalue weighted by atomic mass is 35.5. The number of sulfonamides is 1. The van der Waals surface area contributed by atoms with Gasteiger partial charge in [-0.25, -0.2) is 16.8 Å². The zero-order valence-corrected chi connectivity index (χ0v) is 22.2. The first-order valence-electron chi connectivity index (χ1n) is 11.5. The molecule has 0 saturated heterocycles. The summed E-state index contributed by atoms with van der Waals surface area (Å²) in [6.07, 6.45) is 5.16. The van der Waals surface area contributed by atoms with Gasteiger partial charge in [-0.05, 0) is 48.2 Å². The van der Waals surface area contributed by atoms with Gasteiger partial charge in [0.15, 0.2) is 9.84 Å². The molecule has 37 heavy (non-hydrogen) atoms. The summed E-state index contributed by atoms with van der Waals surface area (Å²) in [4.78, 5) is 17.9. The quantitative estimate of drug-likeness (QED) is 0.489. The fourth-order valence-electron chi connectivity index (χ4n) is 4.61. The number of rotatable bonds is 6. The molecule has 0 radical (unpaired) electrons. The molecule has 0 bridgehead atoms. The number of nitriles is 1. The van der Waals surface area contributed by atoms with Gasteiger partial charge in [0.2, 0.25) is 15.9 Å². The number of amides is 1. The lowest BCUT2D eigenvalue weighted by Gasteiger charge is -2.34. The van der Waals surface area contributed by atoms with Crippen LogP contribution in [0.25, 0.3) is 10.8 Å². The number of nitrogens with zero attached hydrogens (tertiary/aromatic N) is 3. The number of aromatic nitrogens is 1. The Balaban J connectivity index is 1.48. The van der Waals surface area contributed by atoms with E-state index in [4.69, 9.17) is 11.6 Å². The standard InChI is InChI=1S/C25H23ClN4O5S2/c1-36(32,33)19-4-5-20-17(8-19)10-28-11-23(20)29-24(31)22-13-30(12-16-2-3-18(26)9-21(16)22)37(34,35)15-25(14-27)6-7-25/h2-5,8-11,22H,6-7,12-13,15H2,1H3,(H,29,31). The maximum atomic E-state index is 13.6. The van der Waals surface area contributed by atoms with Gasteiger partial charge < -0.3 is 5.32 Å². The molecule has 1 fully saturated rings. The van der Waals surface area contributed by atoms with Crippen molar-refractivity contribution < 1.29 is 21.6 Å². The molecule has 0 spiro atoms. The van der Waals surface area contributed by atoms with Crippen molar-refractivity contribution >= 4 is 53.8 Å². The largest absolute Gasteiger partial charge is 0.324 e. The van der Waals surface area contributed by atoms with E-state index >= 15 is 0 Å². The second-order valence-corrected chi connectivity index (χ2v) is 14.1. The first kappa shape index (κ1) is 25.6. The maximum Gasteiger partial charge on any atom is 0.233 e. The third-order valence-electron chi connectivity index (χ3n) is 6.89. The zero-order valence-electron chi connectivity index (χ0n) is 19.8. The molecule has 192 valence electrons. The van der Waals surface area contributed by atoms with Crippen LogP contribution in [0.2, 0.25) is 5.02 Å². The number of fused-ring (bicyclic) bond motifs is 2. The van der Waals surface area contributed by atoms with Gasteiger partial charge in [0.05, 0.1) is 39.9 Å². The summed E-state index contributed by atoms with van der Waals surface area (Å²) in [5.41, 5.74) is 0.809. The number of pyridine rings is 1. The van der Waals surface area contributed by atoms with E-state index in [9.17, 15) is 26.9 Å². The molecule has 1 aromatic heterocycles. The zero-order chi connectivity index (χ0) is 26.6. The van der Waals surface area contributed by atoms with E-state index in [2.05, 4.69) is 16.4 Å². The van der Waals surface area contributed by atoms with Gasteiger partial charge in [-0.3, -0.25) is 9.78 Å². The van der Waals surface area contributed by atoms with E-state index in [0.29, 0.717) is 45.5 Å². The molecular weight excluding hydrogens is 536 g/mol. The van der Waals surface area contributed by atoms with E-state index in [1.54, 1.807) is 24.3 Å². The molecule has 1 amide bonds. The van der Waals surface area contributed by atoms with Crippen LogP contribution < -0.4 is 5.32 Å². The summed E-state index contributed by atoms with van der Waals surface area (Å²) in [5, 5.41) is 13.8. The van der Waals surface area contributed by atoms with Crippen LogP contribution in [0.3, 0.4) is 0 Å². The first-order valence-corrected chi connectivity index (χ1v) is 15.3. The lowest BCUT2D eigenvalue weighted by Crippen LogP contribution is -2.44. The Labute approximate surface area is 220 Å². The predicted octanol–water partition coefficient (Wildman–Crippen LogP) is 3.46. The fourth-order valence-corrected chi connectivity index (χ4v) is 7.39. The summed E-state index contributed by atoms with van der Waals surface area (Å²) >= 11 is 6.22. The summed E-state index contributed by atoms with van der Waals surface area (Å²) in [6, 6.07) is 11.7. The maximum absolute atomic E-state index is 13.6. The fraction of sp³-hybridized carbons (Fsp3) is 0.320. The summed E-state index contributed by atoms with van der Waals surface area (Å²) in [7, 11) is -7.23. The monoisotopic (exact) mass is 558 g/mol. The topological polar surface area (TPSA) is 137 Å². The van der Waals surface area contributed by atoms with Gasteiger partial charge in [-0.2, -0.15) is 9.57 Å².